The molecule has 7 heteroatoms. The third-order valence-electron chi connectivity index (χ3n) is 4.40. The Bertz CT molecular complexity index is 1060. The van der Waals surface area contributed by atoms with Crippen molar-refractivity contribution in [2.75, 3.05) is 34.2 Å². The second-order valence-corrected chi connectivity index (χ2v) is 8.49. The zero-order valence-corrected chi connectivity index (χ0v) is 16.5. The molecule has 0 fully saturated rings. The highest BCUT2D eigenvalue weighted by Crippen LogP contribution is 2.26. The van der Waals surface area contributed by atoms with E-state index >= 15 is 0 Å². The quantitative estimate of drug-likeness (QED) is 0.654. The molecule has 0 radical (unpaired) electrons. The molecule has 0 saturated carbocycles. The molecule has 1 heterocycles. The summed E-state index contributed by atoms with van der Waals surface area (Å²) in [5.41, 5.74) is 0.632. The van der Waals surface area contributed by atoms with Gasteiger partial charge in [-0.05, 0) is 38.4 Å². The zero-order chi connectivity index (χ0) is 19.6. The summed E-state index contributed by atoms with van der Waals surface area (Å²) >= 11 is 0. The van der Waals surface area contributed by atoms with Crippen molar-refractivity contribution in [3.63, 3.8) is 0 Å². The largest absolute Gasteiger partial charge is 0.339 e. The molecule has 0 atom stereocenters. The monoisotopic (exact) mass is 385 g/mol. The summed E-state index contributed by atoms with van der Waals surface area (Å²) in [6, 6.07) is 16.9. The van der Waals surface area contributed by atoms with E-state index in [4.69, 9.17) is 0 Å². The number of carbonyl (C=O) groups excluding carboxylic acids is 1. The van der Waals surface area contributed by atoms with E-state index in [0.29, 0.717) is 24.0 Å². The Morgan fingerprint density at radius 1 is 0.926 bits per heavy atom. The van der Waals surface area contributed by atoms with E-state index in [-0.39, 0.29) is 16.5 Å². The second-order valence-electron chi connectivity index (χ2n) is 6.70. The summed E-state index contributed by atoms with van der Waals surface area (Å²) in [6.07, 6.45) is 0. The molecule has 0 aliphatic rings. The van der Waals surface area contributed by atoms with Crippen molar-refractivity contribution in [3.8, 4) is 0 Å². The highest BCUT2D eigenvalue weighted by atomic mass is 32.2. The van der Waals surface area contributed by atoms with Gasteiger partial charge in [-0.1, -0.05) is 36.4 Å². The van der Waals surface area contributed by atoms with Crippen molar-refractivity contribution in [1.29, 1.82) is 0 Å². The van der Waals surface area contributed by atoms with Crippen LogP contribution in [0.1, 0.15) is 10.5 Å². The molecule has 3 rings (SSSR count). The van der Waals surface area contributed by atoms with Gasteiger partial charge in [-0.15, -0.1) is 0 Å². The summed E-state index contributed by atoms with van der Waals surface area (Å²) in [6.45, 7) is 1.19. The Labute approximate surface area is 159 Å². The lowest BCUT2D eigenvalue weighted by atomic mass is 10.2. The minimum absolute atomic E-state index is 0.140. The smallest absolute Gasteiger partial charge is 0.271 e. The van der Waals surface area contributed by atoms with Gasteiger partial charge in [0, 0.05) is 25.5 Å². The topological polar surface area (TPSA) is 62.6 Å². The summed E-state index contributed by atoms with van der Waals surface area (Å²) in [5.74, 6) is -0.326. The molecule has 142 valence electrons. The number of hydrogen-bond donors (Lipinski definition) is 0. The van der Waals surface area contributed by atoms with Crippen molar-refractivity contribution >= 4 is 26.8 Å². The number of benzene rings is 2. The molecule has 0 aliphatic heterocycles. The maximum absolute atomic E-state index is 13.3. The zero-order valence-electron chi connectivity index (χ0n) is 15.7. The van der Waals surface area contributed by atoms with Crippen LogP contribution in [0.3, 0.4) is 0 Å². The molecule has 0 spiro atoms. The number of amides is 1. The fourth-order valence-electron chi connectivity index (χ4n) is 2.88. The molecular formula is C20H23N3O3S. The molecule has 1 aromatic heterocycles. The first kappa shape index (κ1) is 19.1. The summed E-state index contributed by atoms with van der Waals surface area (Å²) < 4.78 is 27.8. The fraction of sp³-hybridized carbons (Fsp3) is 0.250. The Morgan fingerprint density at radius 2 is 1.56 bits per heavy atom. The molecule has 0 saturated heterocycles. The van der Waals surface area contributed by atoms with Crippen LogP contribution in [0.15, 0.2) is 65.6 Å². The molecule has 3 aromatic rings. The van der Waals surface area contributed by atoms with Crippen molar-refractivity contribution in [2.45, 2.75) is 4.90 Å². The minimum Gasteiger partial charge on any atom is -0.339 e. The molecule has 0 aliphatic carbocycles. The van der Waals surface area contributed by atoms with Crippen molar-refractivity contribution < 1.29 is 13.2 Å². The fourth-order valence-corrected chi connectivity index (χ4v) is 4.41. The van der Waals surface area contributed by atoms with Crippen LogP contribution in [-0.2, 0) is 10.0 Å². The number of aromatic nitrogens is 1. The first-order chi connectivity index (χ1) is 12.8. The molecule has 1 amide bonds. The maximum Gasteiger partial charge on any atom is 0.271 e. The summed E-state index contributed by atoms with van der Waals surface area (Å²) in [5, 5.41) is 0.710. The molecular weight excluding hydrogens is 362 g/mol. The second kappa shape index (κ2) is 7.54. The van der Waals surface area contributed by atoms with Crippen LogP contribution in [0.4, 0.5) is 0 Å². The summed E-state index contributed by atoms with van der Waals surface area (Å²) in [7, 11) is 1.63. The molecule has 0 N–H and O–H groups in total. The predicted molar refractivity (Wildman–Crippen MR) is 106 cm³/mol. The average Bonchev–Trinajstić information content (AvgIpc) is 3.06. The van der Waals surface area contributed by atoms with Gasteiger partial charge in [-0.25, -0.2) is 12.4 Å². The summed E-state index contributed by atoms with van der Waals surface area (Å²) in [4.78, 5) is 16.7. The van der Waals surface area contributed by atoms with Crippen LogP contribution in [0.5, 0.6) is 0 Å². The highest BCUT2D eigenvalue weighted by Gasteiger charge is 2.27. The number of hydrogen-bond acceptors (Lipinski definition) is 4. The lowest BCUT2D eigenvalue weighted by Gasteiger charge is -2.20. The van der Waals surface area contributed by atoms with Crippen LogP contribution >= 0.6 is 0 Å². The van der Waals surface area contributed by atoms with E-state index in [2.05, 4.69) is 0 Å². The van der Waals surface area contributed by atoms with Crippen LogP contribution < -0.4 is 0 Å². The van der Waals surface area contributed by atoms with Gasteiger partial charge < -0.3 is 9.80 Å². The number of carbonyl (C=O) groups is 1. The Kier molecular flexibility index (Phi) is 5.34. The third-order valence-corrected chi connectivity index (χ3v) is 6.14. The number of nitrogens with zero attached hydrogens (tertiary/aromatic N) is 3. The van der Waals surface area contributed by atoms with Gasteiger partial charge in [0.25, 0.3) is 15.9 Å². The van der Waals surface area contributed by atoms with E-state index in [1.807, 2.05) is 31.1 Å². The normalized spacial score (nSPS) is 11.9. The molecule has 0 bridgehead atoms. The standard InChI is InChI=1S/C20H23N3O3S/c1-21(2)13-14-22(3)20(24)19-15-16-9-7-8-12-18(16)23(19)27(25,26)17-10-5-4-6-11-17/h4-12,15H,13-14H2,1-3H3. The van der Waals surface area contributed by atoms with E-state index in [9.17, 15) is 13.2 Å². The number of likely N-dealkylation sites (N-methyl/N-ethyl adjacent to an activating group) is 2. The predicted octanol–water partition coefficient (Wildman–Crippen LogP) is 2.51. The molecule has 6 nitrogen and oxygen atoms in total. The lowest BCUT2D eigenvalue weighted by Crippen LogP contribution is -2.35. The Hall–Kier alpha value is -2.64. The van der Waals surface area contributed by atoms with Gasteiger partial charge in [0.1, 0.15) is 5.69 Å². The lowest BCUT2D eigenvalue weighted by molar-refractivity contribution is 0.0780. The van der Waals surface area contributed by atoms with Crippen molar-refractivity contribution in [2.24, 2.45) is 0 Å². The van der Waals surface area contributed by atoms with Gasteiger partial charge >= 0.3 is 0 Å². The first-order valence-electron chi connectivity index (χ1n) is 8.63. The number of para-hydroxylation sites is 1. The van der Waals surface area contributed by atoms with E-state index < -0.39 is 10.0 Å². The van der Waals surface area contributed by atoms with Crippen molar-refractivity contribution in [3.05, 3.63) is 66.4 Å². The average molecular weight is 385 g/mol. The van der Waals surface area contributed by atoms with Crippen molar-refractivity contribution in [1.82, 2.24) is 13.8 Å². The molecule has 2 aromatic carbocycles. The van der Waals surface area contributed by atoms with E-state index in [0.717, 1.165) is 3.97 Å². The van der Waals surface area contributed by atoms with Gasteiger partial charge in [0.05, 0.1) is 10.4 Å². The Balaban J connectivity index is 2.14. The Morgan fingerprint density at radius 3 is 2.22 bits per heavy atom. The minimum atomic E-state index is -3.90. The van der Waals surface area contributed by atoms with Gasteiger partial charge in [0.2, 0.25) is 0 Å². The van der Waals surface area contributed by atoms with Crippen LogP contribution in [-0.4, -0.2) is 62.3 Å². The molecule has 27 heavy (non-hydrogen) atoms. The maximum atomic E-state index is 13.3. The van der Waals surface area contributed by atoms with E-state index in [1.165, 1.54) is 12.1 Å². The highest BCUT2D eigenvalue weighted by molar-refractivity contribution is 7.90. The first-order valence-corrected chi connectivity index (χ1v) is 10.1. The number of rotatable bonds is 6. The van der Waals surface area contributed by atoms with Gasteiger partial charge in [-0.3, -0.25) is 4.79 Å². The van der Waals surface area contributed by atoms with E-state index in [1.54, 1.807) is 48.3 Å². The third kappa shape index (κ3) is 3.74. The number of fused-ring (bicyclic) bond motifs is 1. The van der Waals surface area contributed by atoms with Gasteiger partial charge in [-0.2, -0.15) is 0 Å². The molecule has 0 unspecified atom stereocenters. The van der Waals surface area contributed by atoms with Gasteiger partial charge in [0.15, 0.2) is 0 Å². The van der Waals surface area contributed by atoms with Crippen LogP contribution in [0.25, 0.3) is 10.9 Å². The van der Waals surface area contributed by atoms with Crippen LogP contribution in [0, 0.1) is 0 Å². The SMILES string of the molecule is CN(C)CCN(C)C(=O)c1cc2ccccc2n1S(=O)(=O)c1ccccc1. The van der Waals surface area contributed by atoms with Crippen LogP contribution in [0.2, 0.25) is 0 Å².